The first-order valence-electron chi connectivity index (χ1n) is 8.14. The lowest BCUT2D eigenvalue weighted by atomic mass is 10.1. The van der Waals surface area contributed by atoms with Crippen LogP contribution >= 0.6 is 0 Å². The molecule has 144 valence electrons. The highest BCUT2D eigenvalue weighted by Crippen LogP contribution is 2.23. The number of alkyl halides is 3. The molecule has 0 aliphatic heterocycles. The summed E-state index contributed by atoms with van der Waals surface area (Å²) in [4.78, 5) is 24.1. The number of amides is 1. The van der Waals surface area contributed by atoms with E-state index < -0.39 is 30.1 Å². The lowest BCUT2D eigenvalue weighted by molar-refractivity contribution is -0.274. The fraction of sp³-hybridized carbons (Fsp3) is 0.263. The molecule has 0 fully saturated rings. The molecule has 0 aliphatic carbocycles. The third-order valence-electron chi connectivity index (χ3n) is 3.61. The van der Waals surface area contributed by atoms with Crippen LogP contribution in [-0.4, -0.2) is 24.3 Å². The lowest BCUT2D eigenvalue weighted by Gasteiger charge is -2.14. The van der Waals surface area contributed by atoms with Gasteiger partial charge in [0.2, 0.25) is 0 Å². The van der Waals surface area contributed by atoms with Gasteiger partial charge in [0.05, 0.1) is 5.56 Å². The SMILES string of the molecule is CCc1ccc(NC(=O)[C@@H](C)OC(=O)c2ccc(OC(F)(F)F)cc2)cc1. The molecule has 0 aliphatic rings. The Morgan fingerprint density at radius 2 is 1.63 bits per heavy atom. The van der Waals surface area contributed by atoms with Crippen molar-refractivity contribution in [1.29, 1.82) is 0 Å². The molecule has 1 amide bonds. The zero-order chi connectivity index (χ0) is 20.0. The van der Waals surface area contributed by atoms with Gasteiger partial charge in [-0.2, -0.15) is 0 Å². The van der Waals surface area contributed by atoms with Crippen molar-refractivity contribution < 1.29 is 32.2 Å². The van der Waals surface area contributed by atoms with E-state index in [0.717, 1.165) is 36.2 Å². The molecule has 0 heterocycles. The molecule has 0 saturated heterocycles. The Labute approximate surface area is 154 Å². The molecule has 2 rings (SSSR count). The molecule has 0 radical (unpaired) electrons. The van der Waals surface area contributed by atoms with Crippen molar-refractivity contribution >= 4 is 17.6 Å². The van der Waals surface area contributed by atoms with Crippen molar-refractivity contribution in [2.24, 2.45) is 0 Å². The van der Waals surface area contributed by atoms with E-state index in [4.69, 9.17) is 4.74 Å². The molecular formula is C19H18F3NO4. The van der Waals surface area contributed by atoms with Crippen LogP contribution in [0.5, 0.6) is 5.75 Å². The normalized spacial score (nSPS) is 12.2. The van der Waals surface area contributed by atoms with Gasteiger partial charge in [-0.3, -0.25) is 4.79 Å². The van der Waals surface area contributed by atoms with Crippen LogP contribution in [-0.2, 0) is 16.0 Å². The molecule has 2 aromatic rings. The largest absolute Gasteiger partial charge is 0.573 e. The average Bonchev–Trinajstić information content (AvgIpc) is 2.61. The van der Waals surface area contributed by atoms with Gasteiger partial charge in [-0.1, -0.05) is 19.1 Å². The quantitative estimate of drug-likeness (QED) is 0.757. The number of hydrogen-bond donors (Lipinski definition) is 1. The maximum absolute atomic E-state index is 12.1. The number of ether oxygens (including phenoxy) is 2. The molecule has 0 saturated carbocycles. The van der Waals surface area contributed by atoms with E-state index in [1.54, 1.807) is 12.1 Å². The van der Waals surface area contributed by atoms with Gasteiger partial charge >= 0.3 is 12.3 Å². The van der Waals surface area contributed by atoms with Crippen molar-refractivity contribution in [1.82, 2.24) is 0 Å². The van der Waals surface area contributed by atoms with E-state index >= 15 is 0 Å². The van der Waals surface area contributed by atoms with Crippen molar-refractivity contribution in [3.63, 3.8) is 0 Å². The summed E-state index contributed by atoms with van der Waals surface area (Å²) in [5, 5.41) is 2.62. The second kappa shape index (κ2) is 8.57. The molecule has 0 bridgehead atoms. The summed E-state index contributed by atoms with van der Waals surface area (Å²) >= 11 is 0. The maximum atomic E-state index is 12.1. The van der Waals surface area contributed by atoms with Crippen LogP contribution in [0.2, 0.25) is 0 Å². The van der Waals surface area contributed by atoms with E-state index in [1.165, 1.54) is 6.92 Å². The smallest absolute Gasteiger partial charge is 0.449 e. The van der Waals surface area contributed by atoms with E-state index in [9.17, 15) is 22.8 Å². The number of esters is 1. The molecule has 27 heavy (non-hydrogen) atoms. The van der Waals surface area contributed by atoms with Gasteiger partial charge < -0.3 is 14.8 Å². The topological polar surface area (TPSA) is 64.6 Å². The second-order valence-electron chi connectivity index (χ2n) is 5.66. The number of aryl methyl sites for hydroxylation is 1. The first-order chi connectivity index (χ1) is 12.7. The minimum absolute atomic E-state index is 0.00327. The van der Waals surface area contributed by atoms with Gasteiger partial charge in [-0.15, -0.1) is 13.2 Å². The van der Waals surface area contributed by atoms with Crippen molar-refractivity contribution in [2.45, 2.75) is 32.7 Å². The second-order valence-corrected chi connectivity index (χ2v) is 5.66. The van der Waals surface area contributed by atoms with Crippen LogP contribution in [0.15, 0.2) is 48.5 Å². The third-order valence-corrected chi connectivity index (χ3v) is 3.61. The Morgan fingerprint density at radius 1 is 1.04 bits per heavy atom. The summed E-state index contributed by atoms with van der Waals surface area (Å²) in [7, 11) is 0. The number of halogens is 3. The number of carbonyl (C=O) groups is 2. The molecule has 5 nitrogen and oxygen atoms in total. The van der Waals surface area contributed by atoms with Gasteiger partial charge in [0, 0.05) is 5.69 Å². The Kier molecular flexibility index (Phi) is 6.44. The monoisotopic (exact) mass is 381 g/mol. The molecule has 8 heteroatoms. The number of anilines is 1. The number of nitrogens with one attached hydrogen (secondary N) is 1. The summed E-state index contributed by atoms with van der Waals surface area (Å²) in [6.07, 6.45) is -5.03. The first-order valence-corrected chi connectivity index (χ1v) is 8.14. The van der Waals surface area contributed by atoms with E-state index in [0.29, 0.717) is 5.69 Å². The van der Waals surface area contributed by atoms with Gasteiger partial charge in [-0.25, -0.2) is 4.79 Å². The Morgan fingerprint density at radius 3 is 2.15 bits per heavy atom. The molecule has 0 unspecified atom stereocenters. The molecular weight excluding hydrogens is 363 g/mol. The summed E-state index contributed by atoms with van der Waals surface area (Å²) < 4.78 is 45.1. The molecule has 1 N–H and O–H groups in total. The molecule has 2 aromatic carbocycles. The highest BCUT2D eigenvalue weighted by atomic mass is 19.4. The Hall–Kier alpha value is -3.03. The predicted octanol–water partition coefficient (Wildman–Crippen LogP) is 4.33. The highest BCUT2D eigenvalue weighted by Gasteiger charge is 2.31. The Bertz CT molecular complexity index is 786. The zero-order valence-corrected chi connectivity index (χ0v) is 14.7. The van der Waals surface area contributed by atoms with Gasteiger partial charge in [-0.05, 0) is 55.3 Å². The lowest BCUT2D eigenvalue weighted by Crippen LogP contribution is -2.30. The van der Waals surface area contributed by atoms with Crippen molar-refractivity contribution in [2.75, 3.05) is 5.32 Å². The summed E-state index contributed by atoms with van der Waals surface area (Å²) in [6, 6.07) is 11.5. The van der Waals surface area contributed by atoms with Crippen LogP contribution in [0.1, 0.15) is 29.8 Å². The molecule has 1 atom stereocenters. The van der Waals surface area contributed by atoms with E-state index in [-0.39, 0.29) is 5.56 Å². The third kappa shape index (κ3) is 6.32. The number of carbonyl (C=O) groups excluding carboxylic acids is 2. The van der Waals surface area contributed by atoms with Gasteiger partial charge in [0.25, 0.3) is 5.91 Å². The fourth-order valence-corrected chi connectivity index (χ4v) is 2.14. The van der Waals surface area contributed by atoms with Crippen molar-refractivity contribution in [3.05, 3.63) is 59.7 Å². The first kappa shape index (κ1) is 20.3. The number of hydrogen-bond acceptors (Lipinski definition) is 4. The number of rotatable bonds is 6. The van der Waals surface area contributed by atoms with Crippen LogP contribution in [0.25, 0.3) is 0 Å². The number of benzene rings is 2. The van der Waals surface area contributed by atoms with Crippen LogP contribution in [0.3, 0.4) is 0 Å². The molecule has 0 aromatic heterocycles. The summed E-state index contributed by atoms with van der Waals surface area (Å²) in [5.41, 5.74) is 1.68. The average molecular weight is 381 g/mol. The van der Waals surface area contributed by atoms with Crippen LogP contribution in [0, 0.1) is 0 Å². The zero-order valence-electron chi connectivity index (χ0n) is 14.7. The Balaban J connectivity index is 1.92. The van der Waals surface area contributed by atoms with Crippen LogP contribution in [0.4, 0.5) is 18.9 Å². The minimum Gasteiger partial charge on any atom is -0.449 e. The highest BCUT2D eigenvalue weighted by molar-refractivity contribution is 5.97. The van der Waals surface area contributed by atoms with Crippen molar-refractivity contribution in [3.8, 4) is 5.75 Å². The van der Waals surface area contributed by atoms with E-state index in [2.05, 4.69) is 10.1 Å². The fourth-order valence-electron chi connectivity index (χ4n) is 2.14. The van der Waals surface area contributed by atoms with Gasteiger partial charge in [0.15, 0.2) is 6.10 Å². The standard InChI is InChI=1S/C19H18F3NO4/c1-3-13-4-8-15(9-5-13)23-17(24)12(2)26-18(25)14-6-10-16(11-7-14)27-19(20,21)22/h4-12H,3H2,1-2H3,(H,23,24)/t12-/m1/s1. The predicted molar refractivity (Wildman–Crippen MR) is 92.5 cm³/mol. The van der Waals surface area contributed by atoms with E-state index in [1.807, 2.05) is 19.1 Å². The summed E-state index contributed by atoms with van der Waals surface area (Å²) in [5.74, 6) is -1.82. The minimum atomic E-state index is -4.82. The summed E-state index contributed by atoms with van der Waals surface area (Å²) in [6.45, 7) is 3.41. The van der Waals surface area contributed by atoms with Crippen LogP contribution < -0.4 is 10.1 Å². The van der Waals surface area contributed by atoms with Gasteiger partial charge in [0.1, 0.15) is 5.75 Å². The maximum Gasteiger partial charge on any atom is 0.573 e. The molecule has 0 spiro atoms.